The summed E-state index contributed by atoms with van der Waals surface area (Å²) in [6.45, 7) is 1.04. The summed E-state index contributed by atoms with van der Waals surface area (Å²) in [5, 5.41) is 7.75. The Morgan fingerprint density at radius 1 is 1.25 bits per heavy atom. The van der Waals surface area contributed by atoms with Crippen molar-refractivity contribution in [2.45, 2.75) is 18.9 Å². The molecule has 0 aliphatic carbocycles. The van der Waals surface area contributed by atoms with E-state index >= 15 is 0 Å². The average Bonchev–Trinajstić information content (AvgIpc) is 3.06. The molecule has 126 valence electrons. The van der Waals surface area contributed by atoms with E-state index in [9.17, 15) is 9.18 Å². The molecule has 0 unspecified atom stereocenters. The van der Waals surface area contributed by atoms with Gasteiger partial charge in [-0.15, -0.1) is 10.2 Å². The fourth-order valence-electron chi connectivity index (χ4n) is 2.62. The smallest absolute Gasteiger partial charge is 0.233 e. The lowest BCUT2D eigenvalue weighted by atomic mass is 10.1. The third kappa shape index (κ3) is 3.79. The van der Waals surface area contributed by atoms with Crippen molar-refractivity contribution in [3.8, 4) is 11.8 Å². The summed E-state index contributed by atoms with van der Waals surface area (Å²) in [5.74, 6) is 0.345. The number of rotatable bonds is 5. The highest BCUT2D eigenvalue weighted by Crippen LogP contribution is 2.18. The zero-order valence-electron chi connectivity index (χ0n) is 13.3. The van der Waals surface area contributed by atoms with Crippen molar-refractivity contribution in [3.63, 3.8) is 0 Å². The second kappa shape index (κ2) is 7.25. The summed E-state index contributed by atoms with van der Waals surface area (Å²) in [6, 6.07) is 9.67. The lowest BCUT2D eigenvalue weighted by Crippen LogP contribution is -2.32. The fraction of sp³-hybridized carbons (Fsp3) is 0.353. The van der Waals surface area contributed by atoms with Gasteiger partial charge in [0.1, 0.15) is 11.9 Å². The molecule has 2 aromatic rings. The van der Waals surface area contributed by atoms with Gasteiger partial charge in [-0.25, -0.2) is 4.39 Å². The summed E-state index contributed by atoms with van der Waals surface area (Å²) in [5.41, 5.74) is 0.410. The van der Waals surface area contributed by atoms with Crippen LogP contribution in [0.5, 0.6) is 11.8 Å². The predicted octanol–water partition coefficient (Wildman–Crippen LogP) is 1.85. The van der Waals surface area contributed by atoms with E-state index in [4.69, 9.17) is 9.47 Å². The first-order valence-corrected chi connectivity index (χ1v) is 7.71. The van der Waals surface area contributed by atoms with Crippen LogP contribution in [-0.2, 0) is 11.2 Å². The summed E-state index contributed by atoms with van der Waals surface area (Å²) >= 11 is 0. The summed E-state index contributed by atoms with van der Waals surface area (Å²) in [7, 11) is 1.51. The number of aromatic nitrogens is 2. The highest BCUT2D eigenvalue weighted by atomic mass is 19.1. The zero-order valence-corrected chi connectivity index (χ0v) is 13.3. The molecule has 0 N–H and O–H groups in total. The lowest BCUT2D eigenvalue weighted by Gasteiger charge is -2.17. The maximum Gasteiger partial charge on any atom is 0.233 e. The van der Waals surface area contributed by atoms with Crippen LogP contribution in [-0.4, -0.2) is 47.3 Å². The van der Waals surface area contributed by atoms with E-state index in [1.165, 1.54) is 13.2 Å². The molecule has 2 heterocycles. The first-order chi connectivity index (χ1) is 11.7. The number of nitrogens with zero attached hydrogens (tertiary/aromatic N) is 3. The van der Waals surface area contributed by atoms with Gasteiger partial charge in [0.2, 0.25) is 17.7 Å². The van der Waals surface area contributed by atoms with Crippen molar-refractivity contribution in [1.82, 2.24) is 15.1 Å². The van der Waals surface area contributed by atoms with Gasteiger partial charge in [-0.05, 0) is 11.6 Å². The largest absolute Gasteiger partial charge is 0.480 e. The van der Waals surface area contributed by atoms with Crippen LogP contribution < -0.4 is 9.47 Å². The van der Waals surface area contributed by atoms with E-state index in [1.54, 1.807) is 35.2 Å². The van der Waals surface area contributed by atoms with Gasteiger partial charge in [-0.2, -0.15) is 0 Å². The van der Waals surface area contributed by atoms with Crippen molar-refractivity contribution in [2.24, 2.45) is 0 Å². The van der Waals surface area contributed by atoms with Gasteiger partial charge in [-0.1, -0.05) is 18.2 Å². The van der Waals surface area contributed by atoms with Crippen LogP contribution >= 0.6 is 0 Å². The summed E-state index contributed by atoms with van der Waals surface area (Å²) in [4.78, 5) is 14.0. The number of methoxy groups -OCH3 is 1. The molecule has 0 bridgehead atoms. The van der Waals surface area contributed by atoms with Crippen LogP contribution in [0.15, 0.2) is 36.4 Å². The molecule has 0 spiro atoms. The van der Waals surface area contributed by atoms with Crippen LogP contribution in [0.25, 0.3) is 0 Å². The highest BCUT2D eigenvalue weighted by molar-refractivity contribution is 5.79. The van der Waals surface area contributed by atoms with Crippen molar-refractivity contribution < 1.29 is 18.7 Å². The van der Waals surface area contributed by atoms with E-state index in [2.05, 4.69) is 10.2 Å². The van der Waals surface area contributed by atoms with Crippen LogP contribution in [0.4, 0.5) is 4.39 Å². The molecule has 1 aromatic heterocycles. The minimum atomic E-state index is -0.355. The molecule has 0 radical (unpaired) electrons. The van der Waals surface area contributed by atoms with Crippen LogP contribution in [0.1, 0.15) is 12.0 Å². The highest BCUT2D eigenvalue weighted by Gasteiger charge is 2.28. The lowest BCUT2D eigenvalue weighted by molar-refractivity contribution is -0.129. The SMILES string of the molecule is COc1ccc(O[C@@H]2CCN(C(=O)Cc3ccccc3F)C2)nn1. The second-order valence-electron chi connectivity index (χ2n) is 5.55. The molecule has 7 heteroatoms. The Balaban J connectivity index is 1.54. The van der Waals surface area contributed by atoms with E-state index in [-0.39, 0.29) is 24.2 Å². The zero-order chi connectivity index (χ0) is 16.9. The number of amides is 1. The summed E-state index contributed by atoms with van der Waals surface area (Å²) < 4.78 is 24.3. The third-order valence-corrected chi connectivity index (χ3v) is 3.91. The Hall–Kier alpha value is -2.70. The molecule has 1 aliphatic heterocycles. The van der Waals surface area contributed by atoms with Gasteiger partial charge in [0.05, 0.1) is 20.1 Å². The number of carbonyl (C=O) groups is 1. The maximum absolute atomic E-state index is 13.6. The van der Waals surface area contributed by atoms with Gasteiger partial charge in [0.15, 0.2) is 0 Å². The standard InChI is InChI=1S/C17H18FN3O3/c1-23-15-6-7-16(20-19-15)24-13-8-9-21(11-13)17(22)10-12-4-2-3-5-14(12)18/h2-7,13H,8-11H2,1H3/t13-/m1/s1. The van der Waals surface area contributed by atoms with Crippen molar-refractivity contribution >= 4 is 5.91 Å². The van der Waals surface area contributed by atoms with Gasteiger partial charge < -0.3 is 14.4 Å². The molecule has 1 amide bonds. The molecule has 1 fully saturated rings. The molecule has 1 aromatic carbocycles. The summed E-state index contributed by atoms with van der Waals surface area (Å²) in [6.07, 6.45) is 0.621. The van der Waals surface area contributed by atoms with Gasteiger partial charge in [-0.3, -0.25) is 4.79 Å². The molecule has 24 heavy (non-hydrogen) atoms. The Bertz CT molecular complexity index is 708. The van der Waals surface area contributed by atoms with E-state index in [0.29, 0.717) is 36.8 Å². The predicted molar refractivity (Wildman–Crippen MR) is 84.3 cm³/mol. The Morgan fingerprint density at radius 3 is 2.71 bits per heavy atom. The number of hydrogen-bond acceptors (Lipinski definition) is 5. The molecular formula is C17H18FN3O3. The molecule has 1 atom stereocenters. The second-order valence-corrected chi connectivity index (χ2v) is 5.55. The van der Waals surface area contributed by atoms with Gasteiger partial charge in [0, 0.05) is 25.1 Å². The molecule has 6 nitrogen and oxygen atoms in total. The van der Waals surface area contributed by atoms with Gasteiger partial charge >= 0.3 is 0 Å². The quantitative estimate of drug-likeness (QED) is 0.836. The molecule has 1 saturated heterocycles. The van der Waals surface area contributed by atoms with Crippen molar-refractivity contribution in [2.75, 3.05) is 20.2 Å². The van der Waals surface area contributed by atoms with Crippen LogP contribution in [0.2, 0.25) is 0 Å². The Morgan fingerprint density at radius 2 is 2.00 bits per heavy atom. The minimum Gasteiger partial charge on any atom is -0.480 e. The van der Waals surface area contributed by atoms with E-state index in [1.807, 2.05) is 0 Å². The topological polar surface area (TPSA) is 64.6 Å². The maximum atomic E-state index is 13.6. The number of benzene rings is 1. The van der Waals surface area contributed by atoms with Crippen molar-refractivity contribution in [1.29, 1.82) is 0 Å². The number of carbonyl (C=O) groups excluding carboxylic acids is 1. The number of halogens is 1. The van der Waals surface area contributed by atoms with E-state index in [0.717, 1.165) is 0 Å². The minimum absolute atomic E-state index is 0.0573. The van der Waals surface area contributed by atoms with Crippen LogP contribution in [0, 0.1) is 5.82 Å². The van der Waals surface area contributed by atoms with E-state index < -0.39 is 0 Å². The Labute approximate surface area is 139 Å². The Kier molecular flexibility index (Phi) is 4.88. The third-order valence-electron chi connectivity index (χ3n) is 3.91. The van der Waals surface area contributed by atoms with Crippen LogP contribution in [0.3, 0.4) is 0 Å². The monoisotopic (exact) mass is 331 g/mol. The van der Waals surface area contributed by atoms with Crippen molar-refractivity contribution in [3.05, 3.63) is 47.8 Å². The fourth-order valence-corrected chi connectivity index (χ4v) is 2.62. The normalized spacial score (nSPS) is 16.9. The average molecular weight is 331 g/mol. The number of likely N-dealkylation sites (tertiary alicyclic amines) is 1. The number of hydrogen-bond donors (Lipinski definition) is 0. The molecule has 0 saturated carbocycles. The van der Waals surface area contributed by atoms with Gasteiger partial charge in [0.25, 0.3) is 0 Å². The molecular weight excluding hydrogens is 313 g/mol. The molecule has 1 aliphatic rings. The first kappa shape index (κ1) is 16.2. The molecule has 3 rings (SSSR count). The number of ether oxygens (including phenoxy) is 2. The first-order valence-electron chi connectivity index (χ1n) is 7.71.